The average Bonchev–Trinajstić information content (AvgIpc) is 3.30. The van der Waals surface area contributed by atoms with Gasteiger partial charge in [0.25, 0.3) is 0 Å². The fourth-order valence-electron chi connectivity index (χ4n) is 4.47. The monoisotopic (exact) mass is 532 g/mol. The Hall–Kier alpha value is -3.71. The van der Waals surface area contributed by atoms with Gasteiger partial charge in [-0.3, -0.25) is 4.79 Å². The highest BCUT2D eigenvalue weighted by atomic mass is 32.2. The number of esters is 2. The maximum absolute atomic E-state index is 11.6. The van der Waals surface area contributed by atoms with Crippen LogP contribution in [0, 0.1) is 0 Å². The van der Waals surface area contributed by atoms with E-state index in [4.69, 9.17) is 18.6 Å². The minimum Gasteiger partial charge on any atom is -0.478 e. The largest absolute Gasteiger partial charge is 0.478 e. The molecule has 0 amide bonds. The average molecular weight is 533 g/mol. The van der Waals surface area contributed by atoms with Crippen LogP contribution >= 0.6 is 11.8 Å². The van der Waals surface area contributed by atoms with Crippen LogP contribution < -0.4 is 4.74 Å². The Kier molecular flexibility index (Phi) is 9.13. The van der Waals surface area contributed by atoms with Crippen LogP contribution in [0.2, 0.25) is 0 Å². The molecule has 0 aliphatic heterocycles. The van der Waals surface area contributed by atoms with Gasteiger partial charge in [0.05, 0.1) is 18.5 Å². The maximum Gasteiger partial charge on any atom is 0.343 e. The van der Waals surface area contributed by atoms with E-state index in [1.54, 1.807) is 6.07 Å². The molecule has 0 atom stereocenters. The number of carbonyl (C=O) groups is 2. The van der Waals surface area contributed by atoms with Crippen LogP contribution in [0.4, 0.5) is 0 Å². The Bertz CT molecular complexity index is 1320. The second-order valence-corrected chi connectivity index (χ2v) is 10.5. The smallest absolute Gasteiger partial charge is 0.343 e. The lowest BCUT2D eigenvalue weighted by atomic mass is 9.92. The zero-order valence-electron chi connectivity index (χ0n) is 21.9. The van der Waals surface area contributed by atoms with Crippen LogP contribution in [0.5, 0.6) is 5.75 Å². The van der Waals surface area contributed by atoms with Crippen LogP contribution in [0.3, 0.4) is 0 Å². The number of hydrogen-bond donors (Lipinski definition) is 0. The summed E-state index contributed by atoms with van der Waals surface area (Å²) >= 11 is 1.88. The third kappa shape index (κ3) is 6.40. The Morgan fingerprint density at radius 1 is 0.895 bits per heavy atom. The third-order valence-electron chi connectivity index (χ3n) is 6.47. The van der Waals surface area contributed by atoms with E-state index in [2.05, 4.69) is 55.5 Å². The summed E-state index contributed by atoms with van der Waals surface area (Å²) < 4.78 is 21.6. The normalized spacial score (nSPS) is 11.3. The first-order chi connectivity index (χ1) is 18.4. The number of aryl methyl sites for hydroxylation is 1. The molecular formula is C31H32O6S. The lowest BCUT2D eigenvalue weighted by molar-refractivity contribution is -0.143. The van der Waals surface area contributed by atoms with Gasteiger partial charge in [0.15, 0.2) is 17.9 Å². The summed E-state index contributed by atoms with van der Waals surface area (Å²) in [5.41, 5.74) is 4.10. The van der Waals surface area contributed by atoms with Crippen molar-refractivity contribution >= 4 is 34.7 Å². The molecule has 0 unspecified atom stereocenters. The topological polar surface area (TPSA) is 75.0 Å². The molecule has 4 aromatic rings. The number of rotatable bonds is 12. The third-order valence-corrected chi connectivity index (χ3v) is 7.92. The highest BCUT2D eigenvalue weighted by Gasteiger charge is 2.29. The van der Waals surface area contributed by atoms with Gasteiger partial charge in [-0.1, -0.05) is 72.8 Å². The molecule has 3 aromatic carbocycles. The van der Waals surface area contributed by atoms with Crippen LogP contribution in [-0.2, 0) is 36.7 Å². The number of hydrogen-bond acceptors (Lipinski definition) is 7. The molecule has 0 spiro atoms. The molecular weight excluding hydrogens is 500 g/mol. The van der Waals surface area contributed by atoms with E-state index < -0.39 is 5.97 Å². The summed E-state index contributed by atoms with van der Waals surface area (Å²) in [6.45, 7) is 3.66. The molecule has 0 aliphatic rings. The SMILES string of the molecule is COC(=O)COc1cccc2c(CCSC(C)(c3ccccc3)c3ccccc3)c(CCOC(C)=O)oc12. The summed E-state index contributed by atoms with van der Waals surface area (Å²) in [5, 5.41) is 0.923. The van der Waals surface area contributed by atoms with Crippen LogP contribution in [0.15, 0.2) is 83.3 Å². The highest BCUT2D eigenvalue weighted by molar-refractivity contribution is 8.00. The van der Waals surface area contributed by atoms with Crippen molar-refractivity contribution in [3.05, 3.63) is 101 Å². The summed E-state index contributed by atoms with van der Waals surface area (Å²) in [6, 6.07) is 26.7. The van der Waals surface area contributed by atoms with Gasteiger partial charge in [-0.25, -0.2) is 4.79 Å². The molecule has 7 heteroatoms. The molecule has 0 radical (unpaired) electrons. The van der Waals surface area contributed by atoms with Crippen molar-refractivity contribution in [2.75, 3.05) is 26.1 Å². The predicted octanol–water partition coefficient (Wildman–Crippen LogP) is 6.33. The van der Waals surface area contributed by atoms with Crippen molar-refractivity contribution in [3.8, 4) is 5.75 Å². The van der Waals surface area contributed by atoms with E-state index in [0.717, 1.165) is 28.9 Å². The first-order valence-electron chi connectivity index (χ1n) is 12.5. The molecule has 198 valence electrons. The number of para-hydroxylation sites is 1. The van der Waals surface area contributed by atoms with Crippen LogP contribution in [-0.4, -0.2) is 38.0 Å². The van der Waals surface area contributed by atoms with Crippen LogP contribution in [0.25, 0.3) is 11.0 Å². The number of benzene rings is 3. The fourth-order valence-corrected chi connectivity index (χ4v) is 5.79. The first kappa shape index (κ1) is 27.3. The quantitative estimate of drug-likeness (QED) is 0.197. The Morgan fingerprint density at radius 3 is 2.16 bits per heavy atom. The lowest BCUT2D eigenvalue weighted by Gasteiger charge is -2.30. The van der Waals surface area contributed by atoms with E-state index in [1.165, 1.54) is 25.2 Å². The molecule has 0 bridgehead atoms. The molecule has 1 heterocycles. The Balaban J connectivity index is 1.62. The summed E-state index contributed by atoms with van der Waals surface area (Å²) in [4.78, 5) is 23.0. The van der Waals surface area contributed by atoms with Crippen molar-refractivity contribution in [1.82, 2.24) is 0 Å². The molecule has 1 aromatic heterocycles. The van der Waals surface area contributed by atoms with Gasteiger partial charge < -0.3 is 18.6 Å². The molecule has 4 rings (SSSR count). The molecule has 0 aliphatic carbocycles. The lowest BCUT2D eigenvalue weighted by Crippen LogP contribution is -2.20. The second kappa shape index (κ2) is 12.7. The minimum absolute atomic E-state index is 0.212. The Labute approximate surface area is 227 Å². The standard InChI is InChI=1S/C31H32O6S/c1-22(32)35-19-17-27-25(26-15-10-16-28(30(26)37-27)36-21-29(33)34-3)18-20-38-31(2,23-11-6-4-7-12-23)24-13-8-5-9-14-24/h4-16H,17-21H2,1-3H3. The Morgan fingerprint density at radius 2 is 1.55 bits per heavy atom. The number of ether oxygens (including phenoxy) is 3. The van der Waals surface area contributed by atoms with Gasteiger partial charge in [0.2, 0.25) is 0 Å². The molecule has 0 fully saturated rings. The fraction of sp³-hybridized carbons (Fsp3) is 0.290. The highest BCUT2D eigenvalue weighted by Crippen LogP contribution is 2.43. The summed E-state index contributed by atoms with van der Waals surface area (Å²) in [7, 11) is 1.32. The van der Waals surface area contributed by atoms with Crippen molar-refractivity contribution < 1.29 is 28.2 Å². The number of methoxy groups -OCH3 is 1. The van der Waals surface area contributed by atoms with Crippen molar-refractivity contribution in [2.45, 2.75) is 31.4 Å². The van der Waals surface area contributed by atoms with E-state index in [0.29, 0.717) is 17.8 Å². The second-order valence-electron chi connectivity index (χ2n) is 8.96. The van der Waals surface area contributed by atoms with Crippen molar-refractivity contribution in [2.24, 2.45) is 0 Å². The molecule has 6 nitrogen and oxygen atoms in total. The number of furan rings is 1. The number of carbonyl (C=O) groups excluding carboxylic acids is 2. The van der Waals surface area contributed by atoms with Gasteiger partial charge in [-0.05, 0) is 36.3 Å². The van der Waals surface area contributed by atoms with Crippen molar-refractivity contribution in [1.29, 1.82) is 0 Å². The number of thioether (sulfide) groups is 1. The predicted molar refractivity (Wildman–Crippen MR) is 150 cm³/mol. The van der Waals surface area contributed by atoms with Gasteiger partial charge >= 0.3 is 11.9 Å². The van der Waals surface area contributed by atoms with Gasteiger partial charge in [-0.2, -0.15) is 0 Å². The van der Waals surface area contributed by atoms with E-state index in [9.17, 15) is 9.59 Å². The summed E-state index contributed by atoms with van der Waals surface area (Å²) in [5.74, 6) is 1.24. The maximum atomic E-state index is 11.6. The van der Waals surface area contributed by atoms with Crippen molar-refractivity contribution in [3.63, 3.8) is 0 Å². The van der Waals surface area contributed by atoms with E-state index >= 15 is 0 Å². The minimum atomic E-state index is -0.471. The molecule has 0 saturated carbocycles. The zero-order valence-corrected chi connectivity index (χ0v) is 22.7. The zero-order chi connectivity index (χ0) is 27.0. The van der Waals surface area contributed by atoms with Gasteiger partial charge in [0.1, 0.15) is 5.76 Å². The van der Waals surface area contributed by atoms with E-state index in [-0.39, 0.29) is 23.9 Å². The van der Waals surface area contributed by atoms with Gasteiger partial charge in [0, 0.05) is 24.3 Å². The number of fused-ring (bicyclic) bond motifs is 1. The molecule has 38 heavy (non-hydrogen) atoms. The summed E-state index contributed by atoms with van der Waals surface area (Å²) in [6.07, 6.45) is 1.18. The molecule has 0 saturated heterocycles. The van der Waals surface area contributed by atoms with Gasteiger partial charge in [-0.15, -0.1) is 11.8 Å². The van der Waals surface area contributed by atoms with E-state index in [1.807, 2.05) is 36.0 Å². The first-order valence-corrected chi connectivity index (χ1v) is 13.5. The van der Waals surface area contributed by atoms with Crippen LogP contribution in [0.1, 0.15) is 36.3 Å². The molecule has 0 N–H and O–H groups in total.